The third-order valence-corrected chi connectivity index (χ3v) is 5.50. The molecule has 1 aromatic carbocycles. The number of benzene rings is 1. The lowest BCUT2D eigenvalue weighted by molar-refractivity contribution is -0.133. The number of hydrogen-bond donors (Lipinski definition) is 1. The lowest BCUT2D eigenvalue weighted by Crippen LogP contribution is -2.39. The quantitative estimate of drug-likeness (QED) is 0.508. The predicted octanol–water partition coefficient (Wildman–Crippen LogP) is 3.51. The van der Waals surface area contributed by atoms with Crippen LogP contribution in [0.5, 0.6) is 0 Å². The van der Waals surface area contributed by atoms with Crippen molar-refractivity contribution >= 4 is 17.4 Å². The van der Waals surface area contributed by atoms with E-state index in [2.05, 4.69) is 15.4 Å². The molecule has 8 nitrogen and oxygen atoms in total. The van der Waals surface area contributed by atoms with Crippen LogP contribution in [-0.4, -0.2) is 42.1 Å². The summed E-state index contributed by atoms with van der Waals surface area (Å²) >= 11 is 0. The Morgan fingerprint density at radius 1 is 1.15 bits per heavy atom. The largest absolute Gasteiger partial charge is 0.340 e. The van der Waals surface area contributed by atoms with E-state index >= 15 is 0 Å². The van der Waals surface area contributed by atoms with Crippen LogP contribution in [0.4, 0.5) is 15.9 Å². The molecule has 0 saturated heterocycles. The molecule has 4 heterocycles. The van der Waals surface area contributed by atoms with Gasteiger partial charge in [-0.15, -0.1) is 0 Å². The number of aromatic nitrogens is 5. The van der Waals surface area contributed by atoms with Crippen LogP contribution in [0.2, 0.25) is 0 Å². The van der Waals surface area contributed by atoms with Gasteiger partial charge in [0, 0.05) is 48.4 Å². The zero-order valence-electron chi connectivity index (χ0n) is 18.1. The molecule has 9 heteroatoms. The van der Waals surface area contributed by atoms with Crippen molar-refractivity contribution in [1.29, 1.82) is 0 Å². The summed E-state index contributed by atoms with van der Waals surface area (Å²) in [7, 11) is 0. The maximum Gasteiger partial charge on any atom is 0.244 e. The van der Waals surface area contributed by atoms with E-state index in [1.807, 2.05) is 25.3 Å². The van der Waals surface area contributed by atoms with Gasteiger partial charge in [-0.2, -0.15) is 5.10 Å². The fraction of sp³-hybridized carbons (Fsp3) is 0.208. The first kappa shape index (κ1) is 20.7. The number of carbonyl (C=O) groups is 1. The van der Waals surface area contributed by atoms with E-state index in [1.54, 1.807) is 40.3 Å². The first-order chi connectivity index (χ1) is 16.0. The Morgan fingerprint density at radius 2 is 2.00 bits per heavy atom. The highest BCUT2D eigenvalue weighted by Crippen LogP contribution is 2.29. The van der Waals surface area contributed by atoms with Gasteiger partial charge in [-0.25, -0.2) is 14.4 Å². The number of amides is 1. The highest BCUT2D eigenvalue weighted by molar-refractivity contribution is 5.77. The second-order valence-corrected chi connectivity index (χ2v) is 7.98. The van der Waals surface area contributed by atoms with Crippen molar-refractivity contribution in [2.75, 3.05) is 11.9 Å². The summed E-state index contributed by atoms with van der Waals surface area (Å²) in [5.41, 5.74) is 4.24. The molecule has 3 aromatic heterocycles. The Labute approximate surface area is 190 Å². The van der Waals surface area contributed by atoms with Crippen LogP contribution >= 0.6 is 0 Å². The van der Waals surface area contributed by atoms with Gasteiger partial charge in [0.05, 0.1) is 18.4 Å². The van der Waals surface area contributed by atoms with Gasteiger partial charge in [0.1, 0.15) is 18.2 Å². The Hall–Kier alpha value is -4.14. The predicted molar refractivity (Wildman–Crippen MR) is 121 cm³/mol. The molecule has 4 aromatic rings. The Bertz CT molecular complexity index is 1290. The molecule has 166 valence electrons. The fourth-order valence-corrected chi connectivity index (χ4v) is 3.82. The molecule has 0 spiro atoms. The molecule has 1 N–H and O–H groups in total. The molecule has 0 radical (unpaired) electrons. The van der Waals surface area contributed by atoms with Gasteiger partial charge in [-0.1, -0.05) is 0 Å². The Morgan fingerprint density at radius 3 is 2.73 bits per heavy atom. The summed E-state index contributed by atoms with van der Waals surface area (Å²) in [6.07, 6.45) is 7.60. The molecule has 0 unspecified atom stereocenters. The SMILES string of the molecule is Cc1cnn(CC(=O)N2CCc3nc(-c4cccnc4)nc(Nc4ccc(F)cc4)c3C2)c1. The van der Waals surface area contributed by atoms with Gasteiger partial charge in [0.2, 0.25) is 5.91 Å². The Kier molecular flexibility index (Phi) is 5.52. The number of aryl methyl sites for hydroxylation is 1. The minimum atomic E-state index is -0.313. The second-order valence-electron chi connectivity index (χ2n) is 7.98. The van der Waals surface area contributed by atoms with Crippen LogP contribution < -0.4 is 5.32 Å². The number of fused-ring (bicyclic) bond motifs is 1. The summed E-state index contributed by atoms with van der Waals surface area (Å²) < 4.78 is 15.0. The first-order valence-corrected chi connectivity index (χ1v) is 10.6. The highest BCUT2D eigenvalue weighted by atomic mass is 19.1. The van der Waals surface area contributed by atoms with Crippen molar-refractivity contribution in [3.05, 3.63) is 83.8 Å². The standard InChI is InChI=1S/C24H22FN7O/c1-16-11-27-32(13-16)15-22(33)31-10-8-21-20(14-31)24(28-19-6-4-18(25)5-7-19)30-23(29-21)17-3-2-9-26-12-17/h2-7,9,11-13H,8,10,14-15H2,1H3,(H,28,29,30). The van der Waals surface area contributed by atoms with Crippen LogP contribution in [-0.2, 0) is 24.3 Å². The van der Waals surface area contributed by atoms with Gasteiger partial charge in [0.15, 0.2) is 5.82 Å². The molecule has 0 fully saturated rings. The van der Waals surface area contributed by atoms with Crippen molar-refractivity contribution < 1.29 is 9.18 Å². The fourth-order valence-electron chi connectivity index (χ4n) is 3.82. The maximum absolute atomic E-state index is 13.4. The van der Waals surface area contributed by atoms with Gasteiger partial charge < -0.3 is 10.2 Å². The lowest BCUT2D eigenvalue weighted by Gasteiger charge is -2.30. The number of anilines is 2. The smallest absolute Gasteiger partial charge is 0.244 e. The lowest BCUT2D eigenvalue weighted by atomic mass is 10.0. The Balaban J connectivity index is 1.47. The molecular weight excluding hydrogens is 421 g/mol. The third kappa shape index (κ3) is 4.57. The molecule has 1 aliphatic rings. The average molecular weight is 443 g/mol. The van der Waals surface area contributed by atoms with Gasteiger partial charge in [0.25, 0.3) is 0 Å². The van der Waals surface area contributed by atoms with Crippen molar-refractivity contribution in [3.8, 4) is 11.4 Å². The van der Waals surface area contributed by atoms with Crippen molar-refractivity contribution in [1.82, 2.24) is 29.6 Å². The number of hydrogen-bond acceptors (Lipinski definition) is 6. The van der Waals surface area contributed by atoms with E-state index in [1.165, 1.54) is 12.1 Å². The minimum Gasteiger partial charge on any atom is -0.340 e. The summed E-state index contributed by atoms with van der Waals surface area (Å²) in [6, 6.07) is 9.82. The van der Waals surface area contributed by atoms with Crippen LogP contribution in [0.15, 0.2) is 61.2 Å². The molecule has 1 amide bonds. The number of rotatable bonds is 5. The molecular formula is C24H22FN7O. The first-order valence-electron chi connectivity index (χ1n) is 10.6. The molecule has 0 aliphatic carbocycles. The van der Waals surface area contributed by atoms with Gasteiger partial charge in [-0.3, -0.25) is 14.5 Å². The van der Waals surface area contributed by atoms with E-state index in [9.17, 15) is 9.18 Å². The normalized spacial score (nSPS) is 13.0. The maximum atomic E-state index is 13.4. The van der Waals surface area contributed by atoms with E-state index in [0.29, 0.717) is 36.8 Å². The second kappa shape index (κ2) is 8.78. The number of pyridine rings is 1. The van der Waals surface area contributed by atoms with Crippen molar-refractivity contribution in [2.24, 2.45) is 0 Å². The molecule has 0 atom stereocenters. The van der Waals surface area contributed by atoms with Crippen molar-refractivity contribution in [3.63, 3.8) is 0 Å². The van der Waals surface area contributed by atoms with Crippen LogP contribution in [0.3, 0.4) is 0 Å². The third-order valence-electron chi connectivity index (χ3n) is 5.50. The topological polar surface area (TPSA) is 88.8 Å². The average Bonchev–Trinajstić information content (AvgIpc) is 3.25. The molecule has 0 saturated carbocycles. The molecule has 33 heavy (non-hydrogen) atoms. The number of nitrogens with zero attached hydrogens (tertiary/aromatic N) is 6. The van der Waals surface area contributed by atoms with Crippen LogP contribution in [0.25, 0.3) is 11.4 Å². The van der Waals surface area contributed by atoms with E-state index in [-0.39, 0.29) is 18.3 Å². The summed E-state index contributed by atoms with van der Waals surface area (Å²) in [5, 5.41) is 7.50. The minimum absolute atomic E-state index is 0.0205. The highest BCUT2D eigenvalue weighted by Gasteiger charge is 2.26. The van der Waals surface area contributed by atoms with Gasteiger partial charge in [-0.05, 0) is 48.9 Å². The van der Waals surface area contributed by atoms with Crippen LogP contribution in [0, 0.1) is 12.7 Å². The van der Waals surface area contributed by atoms with E-state index in [0.717, 1.165) is 22.4 Å². The number of nitrogens with one attached hydrogen (secondary N) is 1. The van der Waals surface area contributed by atoms with Crippen LogP contribution in [0.1, 0.15) is 16.8 Å². The zero-order chi connectivity index (χ0) is 22.8. The summed E-state index contributed by atoms with van der Waals surface area (Å²) in [6.45, 7) is 3.06. The van der Waals surface area contributed by atoms with Gasteiger partial charge >= 0.3 is 0 Å². The summed E-state index contributed by atoms with van der Waals surface area (Å²) in [5.74, 6) is 0.816. The monoisotopic (exact) mass is 443 g/mol. The number of halogens is 1. The van der Waals surface area contributed by atoms with Crippen molar-refractivity contribution in [2.45, 2.75) is 26.4 Å². The zero-order valence-corrected chi connectivity index (χ0v) is 18.1. The molecule has 5 rings (SSSR count). The molecule has 1 aliphatic heterocycles. The molecule has 0 bridgehead atoms. The van der Waals surface area contributed by atoms with E-state index < -0.39 is 0 Å². The summed E-state index contributed by atoms with van der Waals surface area (Å²) in [4.78, 5) is 28.4. The van der Waals surface area contributed by atoms with E-state index in [4.69, 9.17) is 9.97 Å². The number of carbonyl (C=O) groups excluding carboxylic acids is 1.